The molecule has 1 amide bonds. The van der Waals surface area contributed by atoms with Gasteiger partial charge in [0.25, 0.3) is 0 Å². The van der Waals surface area contributed by atoms with Crippen LogP contribution in [-0.2, 0) is 11.2 Å². The van der Waals surface area contributed by atoms with Gasteiger partial charge >= 0.3 is 0 Å². The van der Waals surface area contributed by atoms with E-state index in [4.69, 9.17) is 0 Å². The average Bonchev–Trinajstić information content (AvgIpc) is 3.20. The monoisotopic (exact) mass is 260 g/mol. The van der Waals surface area contributed by atoms with Crippen LogP contribution in [0.2, 0.25) is 0 Å². The molecule has 1 aromatic carbocycles. The van der Waals surface area contributed by atoms with Gasteiger partial charge in [0.15, 0.2) is 0 Å². The zero-order valence-corrected chi connectivity index (χ0v) is 11.7. The summed E-state index contributed by atoms with van der Waals surface area (Å²) in [5, 5.41) is 6.36. The van der Waals surface area contributed by atoms with Gasteiger partial charge in [0.05, 0.1) is 5.41 Å². The largest absolute Gasteiger partial charge is 0.354 e. The van der Waals surface area contributed by atoms with Crippen molar-refractivity contribution >= 4 is 5.91 Å². The van der Waals surface area contributed by atoms with Crippen LogP contribution in [-0.4, -0.2) is 25.5 Å². The second kappa shape index (κ2) is 6.71. The summed E-state index contributed by atoms with van der Waals surface area (Å²) in [5.74, 6) is 0.231. The van der Waals surface area contributed by atoms with Gasteiger partial charge in [-0.15, -0.1) is 0 Å². The van der Waals surface area contributed by atoms with E-state index >= 15 is 0 Å². The molecule has 104 valence electrons. The molecule has 2 N–H and O–H groups in total. The van der Waals surface area contributed by atoms with Gasteiger partial charge in [0.2, 0.25) is 5.91 Å². The fourth-order valence-corrected chi connectivity index (χ4v) is 2.38. The Kier molecular flexibility index (Phi) is 4.97. The van der Waals surface area contributed by atoms with Crippen molar-refractivity contribution in [3.63, 3.8) is 0 Å². The molecule has 0 radical (unpaired) electrons. The molecule has 1 fully saturated rings. The van der Waals surface area contributed by atoms with E-state index in [0.717, 1.165) is 45.3 Å². The Morgan fingerprint density at radius 3 is 2.53 bits per heavy atom. The predicted molar refractivity (Wildman–Crippen MR) is 78.0 cm³/mol. The van der Waals surface area contributed by atoms with Gasteiger partial charge in [0.1, 0.15) is 0 Å². The maximum absolute atomic E-state index is 12.2. The van der Waals surface area contributed by atoms with Crippen molar-refractivity contribution in [3.8, 4) is 0 Å². The number of hydrogen-bond acceptors (Lipinski definition) is 2. The number of nitrogens with one attached hydrogen (secondary N) is 2. The average molecular weight is 260 g/mol. The molecule has 1 aliphatic carbocycles. The van der Waals surface area contributed by atoms with Crippen LogP contribution in [0.25, 0.3) is 0 Å². The van der Waals surface area contributed by atoms with Crippen molar-refractivity contribution in [2.45, 2.75) is 32.6 Å². The highest BCUT2D eigenvalue weighted by Gasteiger charge is 2.49. The van der Waals surface area contributed by atoms with Crippen LogP contribution >= 0.6 is 0 Å². The van der Waals surface area contributed by atoms with Gasteiger partial charge in [-0.25, -0.2) is 0 Å². The predicted octanol–water partition coefficient (Wildman–Crippen LogP) is 2.13. The third-order valence-corrected chi connectivity index (χ3v) is 3.73. The highest BCUT2D eigenvalue weighted by molar-refractivity contribution is 5.85. The first kappa shape index (κ1) is 14.1. The van der Waals surface area contributed by atoms with E-state index in [1.54, 1.807) is 0 Å². The van der Waals surface area contributed by atoms with Crippen LogP contribution in [0.15, 0.2) is 30.3 Å². The SMILES string of the molecule is CCCNCCNC(=O)C1(Cc2ccccc2)CC1. The highest BCUT2D eigenvalue weighted by atomic mass is 16.2. The van der Waals surface area contributed by atoms with E-state index in [1.165, 1.54) is 5.56 Å². The molecular formula is C16H24N2O. The van der Waals surface area contributed by atoms with E-state index in [-0.39, 0.29) is 11.3 Å². The zero-order chi connectivity index (χ0) is 13.6. The minimum absolute atomic E-state index is 0.119. The quantitative estimate of drug-likeness (QED) is 0.703. The lowest BCUT2D eigenvalue weighted by Gasteiger charge is -2.15. The molecule has 0 heterocycles. The molecule has 0 saturated heterocycles. The van der Waals surface area contributed by atoms with Crippen LogP contribution in [0, 0.1) is 5.41 Å². The maximum Gasteiger partial charge on any atom is 0.226 e. The molecule has 2 rings (SSSR count). The molecule has 0 aromatic heterocycles. The fraction of sp³-hybridized carbons (Fsp3) is 0.562. The molecule has 3 nitrogen and oxygen atoms in total. The molecule has 0 bridgehead atoms. The number of carbonyl (C=O) groups excluding carboxylic acids is 1. The Bertz CT molecular complexity index is 398. The zero-order valence-electron chi connectivity index (χ0n) is 11.7. The number of hydrogen-bond donors (Lipinski definition) is 2. The summed E-state index contributed by atoms with van der Waals surface area (Å²) in [7, 11) is 0. The molecule has 1 saturated carbocycles. The summed E-state index contributed by atoms with van der Waals surface area (Å²) in [5.41, 5.74) is 1.14. The van der Waals surface area contributed by atoms with Crippen molar-refractivity contribution in [2.24, 2.45) is 5.41 Å². The number of benzene rings is 1. The van der Waals surface area contributed by atoms with E-state index in [9.17, 15) is 4.79 Å². The first-order valence-electron chi connectivity index (χ1n) is 7.30. The molecule has 0 spiro atoms. The van der Waals surface area contributed by atoms with Crippen LogP contribution in [0.4, 0.5) is 0 Å². The van der Waals surface area contributed by atoms with Crippen LogP contribution in [0.5, 0.6) is 0 Å². The molecule has 19 heavy (non-hydrogen) atoms. The lowest BCUT2D eigenvalue weighted by Crippen LogP contribution is -2.37. The Labute approximate surface area is 115 Å². The summed E-state index contributed by atoms with van der Waals surface area (Å²) < 4.78 is 0. The number of carbonyl (C=O) groups is 1. The van der Waals surface area contributed by atoms with E-state index in [1.807, 2.05) is 18.2 Å². The van der Waals surface area contributed by atoms with Gasteiger partial charge in [-0.3, -0.25) is 4.79 Å². The van der Waals surface area contributed by atoms with Gasteiger partial charge in [-0.2, -0.15) is 0 Å². The van der Waals surface area contributed by atoms with Crippen LogP contribution in [0.1, 0.15) is 31.7 Å². The van der Waals surface area contributed by atoms with Gasteiger partial charge < -0.3 is 10.6 Å². The van der Waals surface area contributed by atoms with Crippen LogP contribution < -0.4 is 10.6 Å². The van der Waals surface area contributed by atoms with E-state index in [0.29, 0.717) is 0 Å². The minimum atomic E-state index is -0.119. The molecule has 0 aliphatic heterocycles. The van der Waals surface area contributed by atoms with Crippen molar-refractivity contribution in [3.05, 3.63) is 35.9 Å². The third-order valence-electron chi connectivity index (χ3n) is 3.73. The van der Waals surface area contributed by atoms with E-state index < -0.39 is 0 Å². The van der Waals surface area contributed by atoms with E-state index in [2.05, 4.69) is 29.7 Å². The second-order valence-corrected chi connectivity index (χ2v) is 5.45. The summed E-state index contributed by atoms with van der Waals surface area (Å²) >= 11 is 0. The van der Waals surface area contributed by atoms with Crippen molar-refractivity contribution in [1.29, 1.82) is 0 Å². The summed E-state index contributed by atoms with van der Waals surface area (Å²) in [6, 6.07) is 10.3. The van der Waals surface area contributed by atoms with Crippen molar-refractivity contribution in [2.75, 3.05) is 19.6 Å². The Hall–Kier alpha value is -1.35. The molecular weight excluding hydrogens is 236 g/mol. The Morgan fingerprint density at radius 2 is 1.89 bits per heavy atom. The topological polar surface area (TPSA) is 41.1 Å². The summed E-state index contributed by atoms with van der Waals surface area (Å²) in [6.45, 7) is 4.76. The summed E-state index contributed by atoms with van der Waals surface area (Å²) in [4.78, 5) is 12.2. The fourth-order valence-electron chi connectivity index (χ4n) is 2.38. The molecule has 0 atom stereocenters. The summed E-state index contributed by atoms with van der Waals surface area (Å²) in [6.07, 6.45) is 4.06. The molecule has 1 aliphatic rings. The first-order valence-corrected chi connectivity index (χ1v) is 7.30. The van der Waals surface area contributed by atoms with Gasteiger partial charge in [-0.1, -0.05) is 37.3 Å². The lowest BCUT2D eigenvalue weighted by molar-refractivity contribution is -0.126. The minimum Gasteiger partial charge on any atom is -0.354 e. The first-order chi connectivity index (χ1) is 9.27. The smallest absolute Gasteiger partial charge is 0.226 e. The lowest BCUT2D eigenvalue weighted by atomic mass is 9.95. The number of rotatable bonds is 8. The van der Waals surface area contributed by atoms with Crippen molar-refractivity contribution in [1.82, 2.24) is 10.6 Å². The standard InChI is InChI=1S/C16H24N2O/c1-2-10-17-11-12-18-15(19)16(8-9-16)13-14-6-4-3-5-7-14/h3-7,17H,2,8-13H2,1H3,(H,18,19). The van der Waals surface area contributed by atoms with Crippen LogP contribution in [0.3, 0.4) is 0 Å². The second-order valence-electron chi connectivity index (χ2n) is 5.45. The van der Waals surface area contributed by atoms with Gasteiger partial charge in [0, 0.05) is 13.1 Å². The van der Waals surface area contributed by atoms with Crippen molar-refractivity contribution < 1.29 is 4.79 Å². The molecule has 3 heteroatoms. The Morgan fingerprint density at radius 1 is 1.16 bits per heavy atom. The number of amides is 1. The third kappa shape index (κ3) is 4.06. The van der Waals surface area contributed by atoms with Gasteiger partial charge in [-0.05, 0) is 37.8 Å². The highest BCUT2D eigenvalue weighted by Crippen LogP contribution is 2.48. The molecule has 1 aromatic rings. The Balaban J connectivity index is 1.75. The normalized spacial score (nSPS) is 16.1. The maximum atomic E-state index is 12.2. The molecule has 0 unspecified atom stereocenters.